The Kier molecular flexibility index (Phi) is 4.62. The zero-order valence-electron chi connectivity index (χ0n) is 14.2. The molecule has 0 aliphatic rings. The van der Waals surface area contributed by atoms with Gasteiger partial charge in [-0.25, -0.2) is 13.8 Å². The summed E-state index contributed by atoms with van der Waals surface area (Å²) in [7, 11) is 3.07. The van der Waals surface area contributed by atoms with E-state index >= 15 is 0 Å². The van der Waals surface area contributed by atoms with Gasteiger partial charge in [-0.2, -0.15) is 0 Å². The molecule has 0 spiro atoms. The van der Waals surface area contributed by atoms with Gasteiger partial charge in [0.25, 0.3) is 0 Å². The highest BCUT2D eigenvalue weighted by Crippen LogP contribution is 2.36. The summed E-state index contributed by atoms with van der Waals surface area (Å²) in [6.07, 6.45) is 1.55. The number of nitrogens with zero attached hydrogens (tertiary/aromatic N) is 1. The van der Waals surface area contributed by atoms with Crippen molar-refractivity contribution >= 4 is 11.5 Å². The molecule has 0 unspecified atom stereocenters. The van der Waals surface area contributed by atoms with E-state index < -0.39 is 11.6 Å². The number of anilines is 2. The number of rotatable bonds is 4. The minimum absolute atomic E-state index is 0.0102. The third kappa shape index (κ3) is 3.11. The van der Waals surface area contributed by atoms with Crippen LogP contribution in [0, 0.1) is 11.6 Å². The number of aromatic nitrogens is 1. The molecule has 1 heterocycles. The number of pyridine rings is 1. The fourth-order valence-electron chi connectivity index (χ4n) is 2.63. The summed E-state index contributed by atoms with van der Waals surface area (Å²) in [6, 6.07) is 8.88. The summed E-state index contributed by atoms with van der Waals surface area (Å²) < 4.78 is 38.6. The minimum atomic E-state index is -0.725. The van der Waals surface area contributed by atoms with Gasteiger partial charge in [0.1, 0.15) is 17.5 Å². The second kappa shape index (κ2) is 6.87. The molecular formula is C19H17F2N3O2. The van der Waals surface area contributed by atoms with Crippen molar-refractivity contribution in [2.75, 3.05) is 25.7 Å². The van der Waals surface area contributed by atoms with Crippen LogP contribution in [0.4, 0.5) is 20.3 Å². The van der Waals surface area contributed by atoms with Gasteiger partial charge in [-0.15, -0.1) is 0 Å². The van der Waals surface area contributed by atoms with E-state index in [1.807, 2.05) is 0 Å². The first-order valence-electron chi connectivity index (χ1n) is 7.67. The molecule has 3 rings (SSSR count). The third-order valence-electron chi connectivity index (χ3n) is 4.01. The van der Waals surface area contributed by atoms with Crippen LogP contribution in [0.25, 0.3) is 22.3 Å². The molecule has 26 heavy (non-hydrogen) atoms. The molecule has 0 saturated heterocycles. The van der Waals surface area contributed by atoms with Crippen molar-refractivity contribution in [1.29, 1.82) is 0 Å². The molecule has 1 aromatic heterocycles. The average molecular weight is 357 g/mol. The molecule has 0 bridgehead atoms. The molecule has 0 atom stereocenters. The number of ether oxygens (including phenoxy) is 2. The Hall–Kier alpha value is -3.35. The van der Waals surface area contributed by atoms with Crippen molar-refractivity contribution in [2.24, 2.45) is 0 Å². The Labute approximate surface area is 149 Å². The molecule has 0 fully saturated rings. The van der Waals surface area contributed by atoms with E-state index in [4.69, 9.17) is 20.9 Å². The summed E-state index contributed by atoms with van der Waals surface area (Å²) in [6.45, 7) is 0. The molecule has 7 heteroatoms. The molecule has 0 aliphatic heterocycles. The van der Waals surface area contributed by atoms with Gasteiger partial charge in [-0.05, 0) is 29.8 Å². The fourth-order valence-corrected chi connectivity index (χ4v) is 2.63. The highest BCUT2D eigenvalue weighted by Gasteiger charge is 2.15. The number of nitrogen functional groups attached to an aromatic ring is 2. The number of halogens is 2. The Morgan fingerprint density at radius 2 is 1.54 bits per heavy atom. The van der Waals surface area contributed by atoms with Crippen molar-refractivity contribution in [2.45, 2.75) is 0 Å². The quantitative estimate of drug-likeness (QED) is 0.693. The molecule has 134 valence electrons. The Bertz CT molecular complexity index is 977. The van der Waals surface area contributed by atoms with Gasteiger partial charge in [-0.3, -0.25) is 0 Å². The minimum Gasteiger partial charge on any atom is -0.493 e. The largest absolute Gasteiger partial charge is 0.493 e. The van der Waals surface area contributed by atoms with Crippen LogP contribution in [0.15, 0.2) is 42.6 Å². The number of hydrogen-bond donors (Lipinski definition) is 2. The predicted octanol–water partition coefficient (Wildman–Crippen LogP) is 3.88. The molecule has 2 aromatic carbocycles. The highest BCUT2D eigenvalue weighted by atomic mass is 19.1. The lowest BCUT2D eigenvalue weighted by molar-refractivity contribution is 0.355. The summed E-state index contributed by atoms with van der Waals surface area (Å²) >= 11 is 0. The van der Waals surface area contributed by atoms with Crippen molar-refractivity contribution in [3.63, 3.8) is 0 Å². The van der Waals surface area contributed by atoms with Gasteiger partial charge < -0.3 is 20.9 Å². The number of methoxy groups -OCH3 is 2. The van der Waals surface area contributed by atoms with E-state index in [9.17, 15) is 8.78 Å². The maximum absolute atomic E-state index is 14.3. The van der Waals surface area contributed by atoms with E-state index in [-0.39, 0.29) is 22.6 Å². The number of benzene rings is 2. The second-order valence-electron chi connectivity index (χ2n) is 5.58. The van der Waals surface area contributed by atoms with Crippen molar-refractivity contribution in [3.05, 3.63) is 54.2 Å². The molecule has 5 nitrogen and oxygen atoms in total. The maximum atomic E-state index is 14.3. The lowest BCUT2D eigenvalue weighted by Crippen LogP contribution is -1.99. The van der Waals surface area contributed by atoms with Gasteiger partial charge in [-0.1, -0.05) is 6.07 Å². The monoisotopic (exact) mass is 357 g/mol. The summed E-state index contributed by atoms with van der Waals surface area (Å²) in [5, 5.41) is 0. The van der Waals surface area contributed by atoms with Gasteiger partial charge >= 0.3 is 0 Å². The zero-order chi connectivity index (χ0) is 18.8. The van der Waals surface area contributed by atoms with E-state index in [2.05, 4.69) is 4.98 Å². The van der Waals surface area contributed by atoms with Crippen LogP contribution in [0.1, 0.15) is 0 Å². The first-order chi connectivity index (χ1) is 12.4. The molecular weight excluding hydrogens is 340 g/mol. The summed E-state index contributed by atoms with van der Waals surface area (Å²) in [5.74, 6) is -0.212. The van der Waals surface area contributed by atoms with Crippen molar-refractivity contribution in [3.8, 4) is 33.8 Å². The van der Waals surface area contributed by atoms with Gasteiger partial charge in [0.15, 0.2) is 11.5 Å². The lowest BCUT2D eigenvalue weighted by Gasteiger charge is -2.12. The summed E-state index contributed by atoms with van der Waals surface area (Å²) in [5.41, 5.74) is 12.7. The van der Waals surface area contributed by atoms with Crippen molar-refractivity contribution < 1.29 is 18.3 Å². The third-order valence-corrected chi connectivity index (χ3v) is 4.01. The van der Waals surface area contributed by atoms with Crippen LogP contribution < -0.4 is 20.9 Å². The number of hydrogen-bond acceptors (Lipinski definition) is 5. The van der Waals surface area contributed by atoms with Crippen LogP contribution >= 0.6 is 0 Å². The SMILES string of the molecule is COc1ccc(-c2cnc(N)c(-c3cc(F)c(N)cc3F)c2)cc1OC. The van der Waals surface area contributed by atoms with Gasteiger partial charge in [0.05, 0.1) is 19.9 Å². The average Bonchev–Trinajstić information content (AvgIpc) is 2.64. The van der Waals surface area contributed by atoms with Crippen LogP contribution in [-0.2, 0) is 0 Å². The molecule has 0 saturated carbocycles. The Morgan fingerprint density at radius 1 is 0.808 bits per heavy atom. The van der Waals surface area contributed by atoms with Crippen LogP contribution in [0.3, 0.4) is 0 Å². The van der Waals surface area contributed by atoms with E-state index in [0.29, 0.717) is 17.1 Å². The highest BCUT2D eigenvalue weighted by molar-refractivity contribution is 5.80. The molecule has 0 aliphatic carbocycles. The van der Waals surface area contributed by atoms with Crippen LogP contribution in [0.2, 0.25) is 0 Å². The summed E-state index contributed by atoms with van der Waals surface area (Å²) in [4.78, 5) is 4.11. The Morgan fingerprint density at radius 3 is 2.23 bits per heavy atom. The van der Waals surface area contributed by atoms with E-state index in [1.165, 1.54) is 7.11 Å². The first-order valence-corrected chi connectivity index (χ1v) is 7.67. The maximum Gasteiger partial charge on any atom is 0.161 e. The standard InChI is InChI=1S/C19H17F2N3O2/c1-25-17-4-3-10(6-18(17)26-2)11-5-13(19(23)24-9-11)12-7-15(21)16(22)8-14(12)20/h3-9H,22H2,1-2H3,(H2,23,24). The van der Waals surface area contributed by atoms with Gasteiger partial charge in [0, 0.05) is 29.0 Å². The normalized spacial score (nSPS) is 10.6. The molecule has 3 aromatic rings. The van der Waals surface area contributed by atoms with E-state index in [1.54, 1.807) is 37.6 Å². The number of nitrogens with two attached hydrogens (primary N) is 2. The van der Waals surface area contributed by atoms with E-state index in [0.717, 1.165) is 17.7 Å². The predicted molar refractivity (Wildman–Crippen MR) is 97.0 cm³/mol. The Balaban J connectivity index is 2.13. The first kappa shape index (κ1) is 17.5. The van der Waals surface area contributed by atoms with Gasteiger partial charge in [0.2, 0.25) is 0 Å². The molecule has 0 radical (unpaired) electrons. The van der Waals surface area contributed by atoms with Crippen LogP contribution in [-0.4, -0.2) is 19.2 Å². The lowest BCUT2D eigenvalue weighted by atomic mass is 10.00. The van der Waals surface area contributed by atoms with Crippen molar-refractivity contribution in [1.82, 2.24) is 4.98 Å². The smallest absolute Gasteiger partial charge is 0.161 e. The fraction of sp³-hybridized carbons (Fsp3) is 0.105. The zero-order valence-corrected chi connectivity index (χ0v) is 14.2. The van der Waals surface area contributed by atoms with Crippen LogP contribution in [0.5, 0.6) is 11.5 Å². The second-order valence-corrected chi connectivity index (χ2v) is 5.58. The molecule has 0 amide bonds. The molecule has 4 N–H and O–H groups in total. The topological polar surface area (TPSA) is 83.4 Å².